The first kappa shape index (κ1) is 24.0. The highest BCUT2D eigenvalue weighted by Gasteiger charge is 2.33. The van der Waals surface area contributed by atoms with Crippen LogP contribution in [0.3, 0.4) is 0 Å². The van der Waals surface area contributed by atoms with Crippen molar-refractivity contribution in [3.63, 3.8) is 0 Å². The molecule has 2 aromatic rings. The predicted molar refractivity (Wildman–Crippen MR) is 122 cm³/mol. The summed E-state index contributed by atoms with van der Waals surface area (Å²) in [7, 11) is 1.55. The van der Waals surface area contributed by atoms with Crippen LogP contribution in [0.2, 0.25) is 0 Å². The van der Waals surface area contributed by atoms with Crippen molar-refractivity contribution in [3.8, 4) is 11.6 Å². The number of methoxy groups -OCH3 is 1. The molecule has 1 aliphatic carbocycles. The molecule has 174 valence electrons. The lowest BCUT2D eigenvalue weighted by Crippen LogP contribution is -2.30. The molecular formula is C26H34FNO4. The van der Waals surface area contributed by atoms with Crippen molar-refractivity contribution in [1.82, 2.24) is 4.98 Å². The van der Waals surface area contributed by atoms with E-state index in [1.54, 1.807) is 13.2 Å². The van der Waals surface area contributed by atoms with Gasteiger partial charge in [0, 0.05) is 12.5 Å². The summed E-state index contributed by atoms with van der Waals surface area (Å²) in [5.41, 5.74) is 1.67. The number of pyridine rings is 1. The maximum absolute atomic E-state index is 14.5. The first-order valence-electron chi connectivity index (χ1n) is 11.5. The molecule has 0 bridgehead atoms. The van der Waals surface area contributed by atoms with Crippen molar-refractivity contribution < 1.29 is 23.8 Å². The third-order valence-electron chi connectivity index (χ3n) is 6.41. The van der Waals surface area contributed by atoms with Gasteiger partial charge in [-0.1, -0.05) is 26.0 Å². The normalized spacial score (nSPS) is 20.8. The van der Waals surface area contributed by atoms with E-state index < -0.39 is 5.97 Å². The molecule has 0 aliphatic heterocycles. The molecule has 0 spiro atoms. The third kappa shape index (κ3) is 6.68. The summed E-state index contributed by atoms with van der Waals surface area (Å²) < 4.78 is 25.9. The van der Waals surface area contributed by atoms with Crippen LogP contribution >= 0.6 is 0 Å². The molecule has 32 heavy (non-hydrogen) atoms. The Bertz CT molecular complexity index is 901. The van der Waals surface area contributed by atoms with Gasteiger partial charge in [0.15, 0.2) is 0 Å². The molecular weight excluding hydrogens is 409 g/mol. The quantitative estimate of drug-likeness (QED) is 0.497. The standard InChI is InChI=1S/C26H34FNO4/c1-17(2)11-21-13-19(23-14-25(31-3)28-15-24(23)27)8-9-20(21)16-32-22-6-4-5-18(12-22)7-10-26(29)30/h4-6,12,14-15,17,19-21H,7-11,13,16H2,1-3H3,(H,29,30). The van der Waals surface area contributed by atoms with Crippen LogP contribution < -0.4 is 9.47 Å². The smallest absolute Gasteiger partial charge is 0.303 e. The van der Waals surface area contributed by atoms with Crippen molar-refractivity contribution in [2.75, 3.05) is 13.7 Å². The Hall–Kier alpha value is -2.63. The molecule has 1 aromatic carbocycles. The monoisotopic (exact) mass is 443 g/mol. The summed E-state index contributed by atoms with van der Waals surface area (Å²) in [6, 6.07) is 9.44. The van der Waals surface area contributed by atoms with Crippen LogP contribution in [0.4, 0.5) is 4.39 Å². The molecule has 1 aliphatic rings. The zero-order valence-electron chi connectivity index (χ0n) is 19.2. The molecule has 1 fully saturated rings. The Kier molecular flexibility index (Phi) is 8.48. The fraction of sp³-hybridized carbons (Fsp3) is 0.538. The topological polar surface area (TPSA) is 68.7 Å². The summed E-state index contributed by atoms with van der Waals surface area (Å²) >= 11 is 0. The number of halogens is 1. The van der Waals surface area contributed by atoms with Crippen LogP contribution in [0, 0.1) is 23.6 Å². The number of aryl methyl sites for hydroxylation is 1. The highest BCUT2D eigenvalue weighted by molar-refractivity contribution is 5.67. The van der Waals surface area contributed by atoms with Gasteiger partial charge < -0.3 is 14.6 Å². The zero-order valence-corrected chi connectivity index (χ0v) is 19.2. The van der Waals surface area contributed by atoms with Crippen LogP contribution in [0.1, 0.15) is 63.0 Å². The van der Waals surface area contributed by atoms with Gasteiger partial charge >= 0.3 is 5.97 Å². The van der Waals surface area contributed by atoms with E-state index in [2.05, 4.69) is 18.8 Å². The maximum Gasteiger partial charge on any atom is 0.303 e. The van der Waals surface area contributed by atoms with Crippen LogP contribution in [0.25, 0.3) is 0 Å². The molecule has 3 atom stereocenters. The first-order valence-corrected chi connectivity index (χ1v) is 11.5. The lowest BCUT2D eigenvalue weighted by molar-refractivity contribution is -0.136. The average Bonchev–Trinajstić information content (AvgIpc) is 2.77. The Labute approximate surface area is 190 Å². The van der Waals surface area contributed by atoms with E-state index in [0.29, 0.717) is 42.2 Å². The zero-order chi connectivity index (χ0) is 23.1. The van der Waals surface area contributed by atoms with Crippen LogP contribution in [-0.2, 0) is 11.2 Å². The third-order valence-corrected chi connectivity index (χ3v) is 6.41. The van der Waals surface area contributed by atoms with Gasteiger partial charge in [-0.15, -0.1) is 0 Å². The highest BCUT2D eigenvalue weighted by atomic mass is 19.1. The number of carboxylic acids is 1. The molecule has 3 unspecified atom stereocenters. The number of aromatic nitrogens is 1. The molecule has 6 heteroatoms. The van der Waals surface area contributed by atoms with Crippen LogP contribution in [0.5, 0.6) is 11.6 Å². The van der Waals surface area contributed by atoms with Crippen LogP contribution in [-0.4, -0.2) is 29.8 Å². The fourth-order valence-corrected chi connectivity index (χ4v) is 4.83. The van der Waals surface area contributed by atoms with Crippen molar-refractivity contribution in [1.29, 1.82) is 0 Å². The molecule has 5 nitrogen and oxygen atoms in total. The Morgan fingerprint density at radius 2 is 2.06 bits per heavy atom. The number of benzene rings is 1. The van der Waals surface area contributed by atoms with Gasteiger partial charge in [-0.05, 0) is 79.0 Å². The summed E-state index contributed by atoms with van der Waals surface area (Å²) in [5.74, 6) is 1.74. The van der Waals surface area contributed by atoms with Gasteiger partial charge in [0.25, 0.3) is 0 Å². The molecule has 1 saturated carbocycles. The number of aliphatic carboxylic acids is 1. The number of carboxylic acid groups (broad SMARTS) is 1. The van der Waals surface area contributed by atoms with E-state index in [1.165, 1.54) is 6.20 Å². The molecule has 1 aromatic heterocycles. The summed E-state index contributed by atoms with van der Waals surface area (Å²) in [4.78, 5) is 14.8. The van der Waals surface area contributed by atoms with E-state index in [1.807, 2.05) is 24.3 Å². The minimum atomic E-state index is -0.798. The first-order chi connectivity index (χ1) is 15.4. The predicted octanol–water partition coefficient (Wildman–Crippen LogP) is 5.87. The van der Waals surface area contributed by atoms with E-state index >= 15 is 0 Å². The van der Waals surface area contributed by atoms with E-state index in [4.69, 9.17) is 14.6 Å². The Morgan fingerprint density at radius 3 is 2.78 bits per heavy atom. The van der Waals surface area contributed by atoms with Gasteiger partial charge in [0.2, 0.25) is 5.88 Å². The second-order valence-electron chi connectivity index (χ2n) is 9.26. The number of nitrogens with zero attached hydrogens (tertiary/aromatic N) is 1. The minimum absolute atomic E-state index is 0.111. The van der Waals surface area contributed by atoms with Crippen molar-refractivity contribution in [2.24, 2.45) is 17.8 Å². The molecule has 3 rings (SSSR count). The second kappa shape index (κ2) is 11.3. The van der Waals surface area contributed by atoms with Gasteiger partial charge in [0.05, 0.1) is 19.9 Å². The number of hydrogen-bond acceptors (Lipinski definition) is 4. The summed E-state index contributed by atoms with van der Waals surface area (Å²) in [6.45, 7) is 5.07. The molecule has 1 N–H and O–H groups in total. The maximum atomic E-state index is 14.5. The minimum Gasteiger partial charge on any atom is -0.493 e. The van der Waals surface area contributed by atoms with Gasteiger partial charge in [-0.3, -0.25) is 4.79 Å². The largest absolute Gasteiger partial charge is 0.493 e. The van der Waals surface area contributed by atoms with E-state index in [9.17, 15) is 9.18 Å². The lowest BCUT2D eigenvalue weighted by Gasteiger charge is -2.37. The van der Waals surface area contributed by atoms with Gasteiger partial charge in [-0.2, -0.15) is 0 Å². The van der Waals surface area contributed by atoms with Crippen molar-refractivity contribution in [2.45, 2.75) is 58.3 Å². The van der Waals surface area contributed by atoms with Crippen molar-refractivity contribution in [3.05, 3.63) is 53.5 Å². The molecule has 0 amide bonds. The van der Waals surface area contributed by atoms with Crippen LogP contribution in [0.15, 0.2) is 36.5 Å². The molecule has 1 heterocycles. The second-order valence-corrected chi connectivity index (χ2v) is 9.26. The number of rotatable bonds is 10. The SMILES string of the molecule is COc1cc(C2CCC(COc3cccc(CCC(=O)O)c3)C(CC(C)C)C2)c(F)cn1. The molecule has 0 radical (unpaired) electrons. The highest BCUT2D eigenvalue weighted by Crippen LogP contribution is 2.43. The van der Waals surface area contributed by atoms with Crippen molar-refractivity contribution >= 4 is 5.97 Å². The van der Waals surface area contributed by atoms with E-state index in [-0.39, 0.29) is 18.2 Å². The fourth-order valence-electron chi connectivity index (χ4n) is 4.83. The number of ether oxygens (including phenoxy) is 2. The Balaban J connectivity index is 1.66. The van der Waals surface area contributed by atoms with Gasteiger partial charge in [-0.25, -0.2) is 9.37 Å². The summed E-state index contributed by atoms with van der Waals surface area (Å²) in [5, 5.41) is 8.90. The van der Waals surface area contributed by atoms with E-state index in [0.717, 1.165) is 37.0 Å². The number of hydrogen-bond donors (Lipinski definition) is 1. The van der Waals surface area contributed by atoms with Gasteiger partial charge in [0.1, 0.15) is 11.6 Å². The lowest BCUT2D eigenvalue weighted by atomic mass is 9.69. The Morgan fingerprint density at radius 1 is 1.25 bits per heavy atom. The average molecular weight is 444 g/mol. The summed E-state index contributed by atoms with van der Waals surface area (Å²) in [6.07, 6.45) is 5.76. The molecule has 0 saturated heterocycles. The number of carbonyl (C=O) groups is 1.